The van der Waals surface area contributed by atoms with Gasteiger partial charge in [0.05, 0.1) is 24.0 Å². The van der Waals surface area contributed by atoms with E-state index in [4.69, 9.17) is 0 Å². The van der Waals surface area contributed by atoms with Crippen LogP contribution in [-0.4, -0.2) is 24.7 Å². The molecule has 2 aromatic rings. The van der Waals surface area contributed by atoms with Gasteiger partial charge in [-0.25, -0.2) is 0 Å². The Morgan fingerprint density at radius 1 is 1.25 bits per heavy atom. The number of aromatic nitrogens is 4. The van der Waals surface area contributed by atoms with Gasteiger partial charge < -0.3 is 5.11 Å². The van der Waals surface area contributed by atoms with Crippen molar-refractivity contribution in [3.63, 3.8) is 0 Å². The number of nitrogens with zero attached hydrogens (tertiary/aromatic N) is 4. The SMILES string of the molecule is CCC(C)n1ccc(Cn2nc(C)c(C(C)O)c2C)n1. The second-order valence-electron chi connectivity index (χ2n) is 5.46. The predicted molar refractivity (Wildman–Crippen MR) is 78.7 cm³/mol. The number of aryl methyl sites for hydroxylation is 1. The Hall–Kier alpha value is -1.62. The molecule has 0 aliphatic carbocycles. The fourth-order valence-corrected chi connectivity index (χ4v) is 2.52. The minimum atomic E-state index is -0.485. The molecule has 2 heterocycles. The van der Waals surface area contributed by atoms with E-state index in [1.807, 2.05) is 35.5 Å². The van der Waals surface area contributed by atoms with Crippen LogP contribution in [0.4, 0.5) is 0 Å². The van der Waals surface area contributed by atoms with Gasteiger partial charge in [-0.2, -0.15) is 10.2 Å². The Labute approximate surface area is 120 Å². The van der Waals surface area contributed by atoms with Crippen LogP contribution in [0.5, 0.6) is 0 Å². The average Bonchev–Trinajstić information content (AvgIpc) is 2.95. The van der Waals surface area contributed by atoms with Gasteiger partial charge in [-0.3, -0.25) is 9.36 Å². The summed E-state index contributed by atoms with van der Waals surface area (Å²) in [6.07, 6.45) is 2.60. The van der Waals surface area contributed by atoms with Gasteiger partial charge in [0.2, 0.25) is 0 Å². The summed E-state index contributed by atoms with van der Waals surface area (Å²) in [6, 6.07) is 2.45. The molecule has 2 atom stereocenters. The van der Waals surface area contributed by atoms with E-state index in [1.54, 1.807) is 6.92 Å². The van der Waals surface area contributed by atoms with E-state index >= 15 is 0 Å². The molecular formula is C15H24N4O. The predicted octanol–water partition coefficient (Wildman–Crippen LogP) is 2.77. The summed E-state index contributed by atoms with van der Waals surface area (Å²) in [4.78, 5) is 0. The van der Waals surface area contributed by atoms with E-state index in [9.17, 15) is 5.11 Å². The summed E-state index contributed by atoms with van der Waals surface area (Å²) in [5.41, 5.74) is 3.81. The lowest BCUT2D eigenvalue weighted by Crippen LogP contribution is -2.08. The second kappa shape index (κ2) is 5.79. The van der Waals surface area contributed by atoms with E-state index in [1.165, 1.54) is 0 Å². The van der Waals surface area contributed by atoms with Gasteiger partial charge in [0.15, 0.2) is 0 Å². The first-order valence-corrected chi connectivity index (χ1v) is 7.20. The van der Waals surface area contributed by atoms with Crippen LogP contribution in [0.2, 0.25) is 0 Å². The highest BCUT2D eigenvalue weighted by molar-refractivity contribution is 5.27. The molecule has 0 spiro atoms. The number of rotatable bonds is 5. The molecular weight excluding hydrogens is 252 g/mol. The van der Waals surface area contributed by atoms with Crippen LogP contribution in [0.25, 0.3) is 0 Å². The molecule has 5 heteroatoms. The first-order valence-electron chi connectivity index (χ1n) is 7.20. The third-order valence-corrected chi connectivity index (χ3v) is 3.87. The maximum absolute atomic E-state index is 9.80. The molecule has 0 aliphatic rings. The van der Waals surface area contributed by atoms with Crippen molar-refractivity contribution in [2.75, 3.05) is 0 Å². The Morgan fingerprint density at radius 2 is 1.95 bits per heavy atom. The van der Waals surface area contributed by atoms with Gasteiger partial charge in [0.25, 0.3) is 0 Å². The molecule has 0 radical (unpaired) electrons. The zero-order chi connectivity index (χ0) is 14.9. The summed E-state index contributed by atoms with van der Waals surface area (Å²) in [5, 5.41) is 18.9. The molecule has 2 unspecified atom stereocenters. The first kappa shape index (κ1) is 14.8. The zero-order valence-corrected chi connectivity index (χ0v) is 13.0. The summed E-state index contributed by atoms with van der Waals surface area (Å²) < 4.78 is 3.91. The Bertz CT molecular complexity index is 583. The van der Waals surface area contributed by atoms with Crippen LogP contribution < -0.4 is 0 Å². The van der Waals surface area contributed by atoms with E-state index in [0.717, 1.165) is 29.1 Å². The Kier molecular flexibility index (Phi) is 4.28. The minimum Gasteiger partial charge on any atom is -0.389 e. The smallest absolute Gasteiger partial charge is 0.0853 e. The van der Waals surface area contributed by atoms with Crippen molar-refractivity contribution >= 4 is 0 Å². The van der Waals surface area contributed by atoms with E-state index in [0.29, 0.717) is 12.6 Å². The van der Waals surface area contributed by atoms with Gasteiger partial charge in [0, 0.05) is 23.5 Å². The van der Waals surface area contributed by atoms with E-state index in [2.05, 4.69) is 24.0 Å². The third-order valence-electron chi connectivity index (χ3n) is 3.87. The van der Waals surface area contributed by atoms with Crippen LogP contribution in [-0.2, 0) is 6.54 Å². The molecule has 1 N–H and O–H groups in total. The molecule has 0 aliphatic heterocycles. The third kappa shape index (κ3) is 2.77. The van der Waals surface area contributed by atoms with Crippen molar-refractivity contribution in [1.29, 1.82) is 0 Å². The molecule has 0 bridgehead atoms. The summed E-state index contributed by atoms with van der Waals surface area (Å²) in [6.45, 7) is 10.7. The van der Waals surface area contributed by atoms with Crippen molar-refractivity contribution < 1.29 is 5.11 Å². The van der Waals surface area contributed by atoms with Crippen molar-refractivity contribution in [1.82, 2.24) is 19.6 Å². The van der Waals surface area contributed by atoms with Gasteiger partial charge in [-0.1, -0.05) is 6.92 Å². The van der Waals surface area contributed by atoms with Gasteiger partial charge >= 0.3 is 0 Å². The summed E-state index contributed by atoms with van der Waals surface area (Å²) >= 11 is 0. The molecule has 110 valence electrons. The van der Waals surface area contributed by atoms with Crippen LogP contribution >= 0.6 is 0 Å². The van der Waals surface area contributed by atoms with Crippen molar-refractivity contribution in [2.24, 2.45) is 0 Å². The molecule has 0 saturated carbocycles. The van der Waals surface area contributed by atoms with Gasteiger partial charge in [-0.15, -0.1) is 0 Å². The maximum Gasteiger partial charge on any atom is 0.0853 e. The molecule has 0 amide bonds. The monoisotopic (exact) mass is 276 g/mol. The fraction of sp³-hybridized carbons (Fsp3) is 0.600. The van der Waals surface area contributed by atoms with E-state index in [-0.39, 0.29) is 0 Å². The second-order valence-corrected chi connectivity index (χ2v) is 5.46. The maximum atomic E-state index is 9.80. The van der Waals surface area contributed by atoms with Crippen molar-refractivity contribution in [2.45, 2.75) is 59.7 Å². The Morgan fingerprint density at radius 3 is 2.50 bits per heavy atom. The largest absolute Gasteiger partial charge is 0.389 e. The fourth-order valence-electron chi connectivity index (χ4n) is 2.52. The van der Waals surface area contributed by atoms with Crippen LogP contribution in [0.1, 0.15) is 62.0 Å². The molecule has 5 nitrogen and oxygen atoms in total. The number of aliphatic hydroxyl groups excluding tert-OH is 1. The normalized spacial score (nSPS) is 14.5. The van der Waals surface area contributed by atoms with E-state index < -0.39 is 6.10 Å². The number of hydrogen-bond donors (Lipinski definition) is 1. The molecule has 2 rings (SSSR count). The average molecular weight is 276 g/mol. The molecule has 0 aromatic carbocycles. The quantitative estimate of drug-likeness (QED) is 0.913. The summed E-state index contributed by atoms with van der Waals surface area (Å²) in [7, 11) is 0. The molecule has 20 heavy (non-hydrogen) atoms. The van der Waals surface area contributed by atoms with Crippen molar-refractivity contribution in [3.8, 4) is 0 Å². The highest BCUT2D eigenvalue weighted by Crippen LogP contribution is 2.21. The summed E-state index contributed by atoms with van der Waals surface area (Å²) in [5.74, 6) is 0. The molecule has 0 saturated heterocycles. The van der Waals surface area contributed by atoms with Gasteiger partial charge in [-0.05, 0) is 40.2 Å². The van der Waals surface area contributed by atoms with Crippen molar-refractivity contribution in [3.05, 3.63) is 34.9 Å². The highest BCUT2D eigenvalue weighted by Gasteiger charge is 2.16. The zero-order valence-electron chi connectivity index (χ0n) is 13.0. The number of aliphatic hydroxyl groups is 1. The molecule has 0 fully saturated rings. The highest BCUT2D eigenvalue weighted by atomic mass is 16.3. The van der Waals surface area contributed by atoms with Crippen LogP contribution in [0.15, 0.2) is 12.3 Å². The lowest BCUT2D eigenvalue weighted by atomic mass is 10.1. The standard InChI is InChI=1S/C15H24N4O/c1-6-10(2)18-8-7-14(17-18)9-19-12(4)15(13(5)20)11(3)16-19/h7-8,10,13,20H,6,9H2,1-5H3. The lowest BCUT2D eigenvalue weighted by Gasteiger charge is -2.08. The number of hydrogen-bond acceptors (Lipinski definition) is 3. The van der Waals surface area contributed by atoms with Crippen LogP contribution in [0, 0.1) is 13.8 Å². The van der Waals surface area contributed by atoms with Gasteiger partial charge in [0.1, 0.15) is 0 Å². The van der Waals surface area contributed by atoms with Crippen LogP contribution in [0.3, 0.4) is 0 Å². The first-order chi connectivity index (χ1) is 9.43. The molecule has 2 aromatic heterocycles. The Balaban J connectivity index is 2.22. The lowest BCUT2D eigenvalue weighted by molar-refractivity contribution is 0.197. The topological polar surface area (TPSA) is 55.9 Å². The minimum absolute atomic E-state index is 0.414.